The Morgan fingerprint density at radius 1 is 0.643 bits per heavy atom. The lowest BCUT2D eigenvalue weighted by molar-refractivity contribution is 0.0853. The normalized spacial score (nSPS) is 15.7. The van der Waals surface area contributed by atoms with Crippen molar-refractivity contribution in [2.75, 3.05) is 61.2 Å². The zero-order valence-corrected chi connectivity index (χ0v) is 33.2. The predicted octanol–water partition coefficient (Wildman–Crippen LogP) is 8.52. The van der Waals surface area contributed by atoms with Gasteiger partial charge in [-0.25, -0.2) is 0 Å². The number of hydrogen-bond donors (Lipinski definition) is 2. The van der Waals surface area contributed by atoms with Crippen molar-refractivity contribution in [3.63, 3.8) is 0 Å². The Kier molecular flexibility index (Phi) is 13.4. The Balaban J connectivity index is 0.942. The van der Waals surface area contributed by atoms with Gasteiger partial charge in [-0.15, -0.1) is 0 Å². The Morgan fingerprint density at radius 2 is 1.25 bits per heavy atom. The molecule has 2 heterocycles. The lowest BCUT2D eigenvalue weighted by Crippen LogP contribution is -2.38. The summed E-state index contributed by atoms with van der Waals surface area (Å²) in [6.45, 7) is 1.06. The maximum absolute atomic E-state index is 12.7. The molecule has 0 radical (unpaired) electrons. The maximum atomic E-state index is 12.7. The summed E-state index contributed by atoms with van der Waals surface area (Å²) in [6, 6.07) is 18.4. The van der Waals surface area contributed by atoms with Gasteiger partial charge in [0.05, 0.1) is 67.1 Å². The largest absolute Gasteiger partial charge is 0.493 e. The van der Waals surface area contributed by atoms with Gasteiger partial charge in [-0.2, -0.15) is 0 Å². The summed E-state index contributed by atoms with van der Waals surface area (Å²) in [7, 11) is 9.54. The van der Waals surface area contributed by atoms with Crippen molar-refractivity contribution >= 4 is 28.9 Å². The first-order valence-electron chi connectivity index (χ1n) is 18.4. The van der Waals surface area contributed by atoms with Gasteiger partial charge in [0.2, 0.25) is 11.5 Å². The molecule has 2 aliphatic heterocycles. The van der Waals surface area contributed by atoms with Gasteiger partial charge in [0, 0.05) is 28.3 Å². The third kappa shape index (κ3) is 9.05. The first kappa shape index (κ1) is 40.0. The molecule has 2 aliphatic rings. The van der Waals surface area contributed by atoms with Crippen LogP contribution < -0.4 is 48.5 Å². The number of fused-ring (bicyclic) bond motifs is 1. The molecule has 0 spiro atoms. The summed E-state index contributed by atoms with van der Waals surface area (Å²) < 4.78 is 45.8. The molecule has 2 atom stereocenters. The highest BCUT2D eigenvalue weighted by Gasteiger charge is 2.29. The fourth-order valence-corrected chi connectivity index (χ4v) is 6.85. The van der Waals surface area contributed by atoms with Gasteiger partial charge in [0.1, 0.15) is 6.17 Å². The van der Waals surface area contributed by atoms with E-state index in [1.54, 1.807) is 60.9 Å². The highest BCUT2D eigenvalue weighted by molar-refractivity contribution is 6.31. The second kappa shape index (κ2) is 18.8. The molecule has 0 fully saturated rings. The molecule has 14 heteroatoms. The third-order valence-corrected chi connectivity index (χ3v) is 9.87. The van der Waals surface area contributed by atoms with Crippen LogP contribution in [0.15, 0.2) is 65.8 Å². The van der Waals surface area contributed by atoms with Gasteiger partial charge in [0.25, 0.3) is 5.91 Å². The molecule has 0 saturated carbocycles. The summed E-state index contributed by atoms with van der Waals surface area (Å²) in [5.74, 6) is 4.31. The van der Waals surface area contributed by atoms with E-state index in [-0.39, 0.29) is 12.0 Å². The second-order valence-corrected chi connectivity index (χ2v) is 13.6. The Hall–Kier alpha value is -5.69. The molecule has 6 rings (SSSR count). The average Bonchev–Trinajstić information content (AvgIpc) is 3.73. The van der Waals surface area contributed by atoms with Crippen LogP contribution in [-0.4, -0.2) is 67.5 Å². The van der Waals surface area contributed by atoms with E-state index < -0.39 is 6.17 Å². The fraction of sp³-hybridized carbons (Fsp3) is 0.381. The molecule has 2 N–H and O–H groups in total. The van der Waals surface area contributed by atoms with E-state index in [0.717, 1.165) is 60.2 Å². The molecule has 0 aromatic heterocycles. The maximum Gasteiger partial charge on any atom is 0.255 e. The van der Waals surface area contributed by atoms with Gasteiger partial charge in [-0.05, 0) is 73.0 Å². The van der Waals surface area contributed by atoms with Crippen molar-refractivity contribution < 1.29 is 47.5 Å². The lowest BCUT2D eigenvalue weighted by atomic mass is 9.99. The number of oxime groups is 1. The van der Waals surface area contributed by atoms with Gasteiger partial charge >= 0.3 is 0 Å². The monoisotopic (exact) mass is 789 g/mol. The Morgan fingerprint density at radius 3 is 1.89 bits per heavy atom. The minimum atomic E-state index is -0.414. The van der Waals surface area contributed by atoms with Gasteiger partial charge < -0.3 is 53.4 Å². The average molecular weight is 790 g/mol. The minimum Gasteiger partial charge on any atom is -0.493 e. The van der Waals surface area contributed by atoms with E-state index in [9.17, 15) is 4.79 Å². The molecule has 0 saturated heterocycles. The van der Waals surface area contributed by atoms with Crippen LogP contribution in [0.5, 0.6) is 46.0 Å². The van der Waals surface area contributed by atoms with E-state index >= 15 is 0 Å². The van der Waals surface area contributed by atoms with Crippen LogP contribution in [0.4, 0.5) is 5.69 Å². The van der Waals surface area contributed by atoms with Crippen LogP contribution >= 0.6 is 11.6 Å². The summed E-state index contributed by atoms with van der Waals surface area (Å²) >= 11 is 6.07. The molecule has 2 unspecified atom stereocenters. The number of unbranched alkanes of at least 4 members (excludes halogenated alkanes) is 4. The number of methoxy groups -OCH3 is 6. The van der Waals surface area contributed by atoms with Gasteiger partial charge in [-0.1, -0.05) is 42.1 Å². The SMILES string of the molecule is COc1cc(C2NC(=O)c3cc(Cl)ccc3N2)ccc1OCCCCCCCOc1c(OC)cc(C2=NOC(c3cc(OC)c(OC)c(OC)c3)C2)cc1OC. The van der Waals surface area contributed by atoms with E-state index in [4.69, 9.17) is 54.3 Å². The third-order valence-electron chi connectivity index (χ3n) is 9.64. The van der Waals surface area contributed by atoms with Gasteiger partial charge in [0.15, 0.2) is 40.6 Å². The number of carbonyl (C=O) groups excluding carboxylic acids is 1. The van der Waals surface area contributed by atoms with Crippen LogP contribution in [0.2, 0.25) is 5.02 Å². The van der Waals surface area contributed by atoms with E-state index in [1.807, 2.05) is 42.5 Å². The van der Waals surface area contributed by atoms with Crippen molar-refractivity contribution in [2.24, 2.45) is 5.16 Å². The molecular weight excluding hydrogens is 742 g/mol. The lowest BCUT2D eigenvalue weighted by Gasteiger charge is -2.28. The van der Waals surface area contributed by atoms with Crippen molar-refractivity contribution in [3.05, 3.63) is 87.9 Å². The number of nitrogens with zero attached hydrogens (tertiary/aromatic N) is 1. The number of anilines is 1. The summed E-state index contributed by atoms with van der Waals surface area (Å²) in [5, 5.41) is 11.2. The summed E-state index contributed by atoms with van der Waals surface area (Å²) in [4.78, 5) is 18.5. The highest BCUT2D eigenvalue weighted by Crippen LogP contribution is 2.44. The van der Waals surface area contributed by atoms with E-state index in [0.29, 0.717) is 76.2 Å². The van der Waals surface area contributed by atoms with Crippen LogP contribution in [0, 0.1) is 0 Å². The van der Waals surface area contributed by atoms with Crippen molar-refractivity contribution in [1.82, 2.24) is 5.32 Å². The molecule has 0 aliphatic carbocycles. The van der Waals surface area contributed by atoms with Gasteiger partial charge in [-0.3, -0.25) is 4.79 Å². The predicted molar refractivity (Wildman–Crippen MR) is 213 cm³/mol. The number of rotatable bonds is 19. The van der Waals surface area contributed by atoms with Crippen molar-refractivity contribution in [1.29, 1.82) is 0 Å². The molecular formula is C42H48ClN3O10. The summed E-state index contributed by atoms with van der Waals surface area (Å²) in [6.07, 6.45) is 4.54. The zero-order chi connectivity index (χ0) is 39.6. The first-order chi connectivity index (χ1) is 27.3. The fourth-order valence-electron chi connectivity index (χ4n) is 6.67. The van der Waals surface area contributed by atoms with Crippen LogP contribution in [0.3, 0.4) is 0 Å². The first-order valence-corrected chi connectivity index (χ1v) is 18.8. The molecule has 0 bridgehead atoms. The van der Waals surface area contributed by atoms with Crippen LogP contribution in [0.25, 0.3) is 0 Å². The highest BCUT2D eigenvalue weighted by atomic mass is 35.5. The van der Waals surface area contributed by atoms with Crippen LogP contribution in [-0.2, 0) is 4.84 Å². The smallest absolute Gasteiger partial charge is 0.255 e. The molecule has 1 amide bonds. The topological polar surface area (TPSA) is 137 Å². The number of ether oxygens (including phenoxy) is 8. The molecule has 298 valence electrons. The molecule has 4 aromatic carbocycles. The minimum absolute atomic E-state index is 0.193. The van der Waals surface area contributed by atoms with E-state index in [1.165, 1.54) is 0 Å². The quantitative estimate of drug-likeness (QED) is 0.0885. The number of nitrogens with one attached hydrogen (secondary N) is 2. The zero-order valence-electron chi connectivity index (χ0n) is 32.5. The second-order valence-electron chi connectivity index (χ2n) is 13.1. The molecule has 13 nitrogen and oxygen atoms in total. The number of carbonyl (C=O) groups is 1. The van der Waals surface area contributed by atoms with Crippen molar-refractivity contribution in [3.8, 4) is 46.0 Å². The summed E-state index contributed by atoms with van der Waals surface area (Å²) in [5.41, 5.74) is 4.48. The molecule has 4 aromatic rings. The number of benzene rings is 4. The Labute approximate surface area is 332 Å². The number of amides is 1. The Bertz CT molecular complexity index is 1990. The van der Waals surface area contributed by atoms with Crippen LogP contribution in [0.1, 0.15) is 77.8 Å². The standard InChI is InChI=1S/C42H48ClN3O10/c1-48-34-18-25(41-44-30-14-13-28(43)23-29(30)42(47)45-41)12-15-32(34)54-16-10-8-7-9-11-17-55-40-37(51-4)19-26(20-38(40)52-5)31-24-33(56-46-31)27-21-35(49-2)39(53-6)36(22-27)50-3/h12-15,18-23,33,41,44H,7-11,16-17,24H2,1-6H3,(H,45,47). The number of hydrogen-bond acceptors (Lipinski definition) is 12. The molecule has 56 heavy (non-hydrogen) atoms. The van der Waals surface area contributed by atoms with Crippen molar-refractivity contribution in [2.45, 2.75) is 50.8 Å². The number of halogens is 1. The van der Waals surface area contributed by atoms with E-state index in [2.05, 4.69) is 15.8 Å².